The van der Waals surface area contributed by atoms with E-state index in [1.54, 1.807) is 0 Å². The summed E-state index contributed by atoms with van der Waals surface area (Å²) in [5.74, 6) is 0.0413. The van der Waals surface area contributed by atoms with E-state index in [1.807, 2.05) is 31.2 Å². The molecule has 106 valence electrons. The highest BCUT2D eigenvalue weighted by atomic mass is 32.2. The van der Waals surface area contributed by atoms with Crippen LogP contribution in [0.1, 0.15) is 43.7 Å². The Hall–Kier alpha value is -0.910. The van der Waals surface area contributed by atoms with Gasteiger partial charge in [-0.25, -0.2) is 13.1 Å². The molecule has 1 aromatic rings. The van der Waals surface area contributed by atoms with Crippen molar-refractivity contribution < 1.29 is 8.42 Å². The van der Waals surface area contributed by atoms with Gasteiger partial charge in [0.1, 0.15) is 0 Å². The highest BCUT2D eigenvalue weighted by Gasteiger charge is 2.38. The summed E-state index contributed by atoms with van der Waals surface area (Å²) in [4.78, 5) is 0. The molecule has 0 atom stereocenters. The second kappa shape index (κ2) is 5.61. The number of hydrogen-bond acceptors (Lipinski definition) is 3. The number of rotatable bonds is 6. The summed E-state index contributed by atoms with van der Waals surface area (Å²) >= 11 is 0. The van der Waals surface area contributed by atoms with Crippen LogP contribution in [0.5, 0.6) is 0 Å². The summed E-state index contributed by atoms with van der Waals surface area (Å²) in [7, 11) is -3.27. The fourth-order valence-electron chi connectivity index (χ4n) is 2.49. The van der Waals surface area contributed by atoms with Crippen molar-refractivity contribution >= 4 is 10.0 Å². The van der Waals surface area contributed by atoms with Gasteiger partial charge in [0.05, 0.1) is 5.75 Å². The van der Waals surface area contributed by atoms with Crippen LogP contribution in [0.3, 0.4) is 0 Å². The van der Waals surface area contributed by atoms with Gasteiger partial charge in [0.15, 0.2) is 0 Å². The second-order valence-corrected chi connectivity index (χ2v) is 7.09. The molecule has 2 rings (SSSR count). The van der Waals surface area contributed by atoms with E-state index in [0.29, 0.717) is 6.54 Å². The van der Waals surface area contributed by atoms with Gasteiger partial charge in [-0.15, -0.1) is 0 Å². The van der Waals surface area contributed by atoms with Crippen LogP contribution >= 0.6 is 0 Å². The van der Waals surface area contributed by atoms with Crippen LogP contribution in [-0.4, -0.2) is 14.0 Å². The van der Waals surface area contributed by atoms with Crippen LogP contribution in [0.15, 0.2) is 24.3 Å². The first-order valence-corrected chi connectivity index (χ1v) is 8.43. The lowest BCUT2D eigenvalue weighted by Gasteiger charge is -2.41. The SMILES string of the molecule is CCC1(NS(=O)(=O)Cc2ccc(CN)cc2)CCC1. The number of benzene rings is 1. The Kier molecular flexibility index (Phi) is 4.28. The minimum absolute atomic E-state index is 0.0413. The van der Waals surface area contributed by atoms with E-state index in [2.05, 4.69) is 4.72 Å². The molecule has 1 aromatic carbocycles. The maximum atomic E-state index is 12.2. The first-order chi connectivity index (χ1) is 8.99. The van der Waals surface area contributed by atoms with Gasteiger partial charge in [0.2, 0.25) is 10.0 Å². The van der Waals surface area contributed by atoms with Crippen molar-refractivity contribution in [2.24, 2.45) is 5.73 Å². The third kappa shape index (κ3) is 3.55. The van der Waals surface area contributed by atoms with Gasteiger partial charge >= 0.3 is 0 Å². The average molecular weight is 282 g/mol. The molecule has 0 bridgehead atoms. The highest BCUT2D eigenvalue weighted by molar-refractivity contribution is 7.88. The molecule has 1 fully saturated rings. The predicted molar refractivity (Wildman–Crippen MR) is 77.0 cm³/mol. The minimum Gasteiger partial charge on any atom is -0.326 e. The van der Waals surface area contributed by atoms with Crippen molar-refractivity contribution in [3.05, 3.63) is 35.4 Å². The topological polar surface area (TPSA) is 72.2 Å². The number of hydrogen-bond donors (Lipinski definition) is 2. The molecule has 4 nitrogen and oxygen atoms in total. The zero-order valence-electron chi connectivity index (χ0n) is 11.4. The van der Waals surface area contributed by atoms with Crippen molar-refractivity contribution in [3.8, 4) is 0 Å². The molecule has 1 aliphatic carbocycles. The largest absolute Gasteiger partial charge is 0.326 e. The van der Waals surface area contributed by atoms with Gasteiger partial charge in [-0.05, 0) is 36.8 Å². The van der Waals surface area contributed by atoms with Crippen LogP contribution in [0, 0.1) is 0 Å². The third-order valence-electron chi connectivity index (χ3n) is 3.97. The summed E-state index contributed by atoms with van der Waals surface area (Å²) in [6.45, 7) is 2.52. The number of sulfonamides is 1. The van der Waals surface area contributed by atoms with Crippen molar-refractivity contribution in [2.45, 2.75) is 50.4 Å². The number of nitrogens with one attached hydrogen (secondary N) is 1. The monoisotopic (exact) mass is 282 g/mol. The molecule has 0 radical (unpaired) electrons. The molecule has 3 N–H and O–H groups in total. The Morgan fingerprint density at radius 1 is 1.21 bits per heavy atom. The van der Waals surface area contributed by atoms with Crippen molar-refractivity contribution in [2.75, 3.05) is 0 Å². The maximum absolute atomic E-state index is 12.2. The first kappa shape index (κ1) is 14.5. The lowest BCUT2D eigenvalue weighted by atomic mass is 9.76. The molecule has 1 saturated carbocycles. The molecule has 0 amide bonds. The standard InChI is InChI=1S/C14H22N2O2S/c1-2-14(8-3-9-14)16-19(17,18)11-13-6-4-12(10-15)5-7-13/h4-7,16H,2-3,8-11,15H2,1H3. The van der Waals surface area contributed by atoms with Gasteiger partial charge in [-0.1, -0.05) is 31.2 Å². The molecule has 0 heterocycles. The zero-order valence-corrected chi connectivity index (χ0v) is 12.2. The summed E-state index contributed by atoms with van der Waals surface area (Å²) in [6, 6.07) is 7.43. The molecule has 0 unspecified atom stereocenters. The highest BCUT2D eigenvalue weighted by Crippen LogP contribution is 2.35. The van der Waals surface area contributed by atoms with E-state index >= 15 is 0 Å². The maximum Gasteiger partial charge on any atom is 0.216 e. The summed E-state index contributed by atoms with van der Waals surface area (Å²) < 4.78 is 27.3. The molecule has 19 heavy (non-hydrogen) atoms. The Morgan fingerprint density at radius 3 is 2.21 bits per heavy atom. The van der Waals surface area contributed by atoms with Crippen LogP contribution in [0.25, 0.3) is 0 Å². The van der Waals surface area contributed by atoms with Crippen molar-refractivity contribution in [1.82, 2.24) is 4.72 Å². The van der Waals surface area contributed by atoms with E-state index in [9.17, 15) is 8.42 Å². The quantitative estimate of drug-likeness (QED) is 0.837. The summed E-state index contributed by atoms with van der Waals surface area (Å²) in [6.07, 6.45) is 3.88. The van der Waals surface area contributed by atoms with Gasteiger partial charge in [-0.2, -0.15) is 0 Å². The van der Waals surface area contributed by atoms with Gasteiger partial charge in [0.25, 0.3) is 0 Å². The zero-order chi connectivity index (χ0) is 13.9. The van der Waals surface area contributed by atoms with Crippen LogP contribution in [-0.2, 0) is 22.3 Å². The van der Waals surface area contributed by atoms with Gasteiger partial charge in [-0.3, -0.25) is 0 Å². The molecule has 0 saturated heterocycles. The molecule has 0 aliphatic heterocycles. The first-order valence-electron chi connectivity index (χ1n) is 6.78. The predicted octanol–water partition coefficient (Wildman–Crippen LogP) is 1.90. The summed E-state index contributed by atoms with van der Waals surface area (Å²) in [5, 5.41) is 0. The summed E-state index contributed by atoms with van der Waals surface area (Å²) in [5.41, 5.74) is 7.15. The third-order valence-corrected chi connectivity index (χ3v) is 5.43. The van der Waals surface area contributed by atoms with Crippen molar-refractivity contribution in [1.29, 1.82) is 0 Å². The second-order valence-electron chi connectivity index (χ2n) is 5.37. The molecule has 5 heteroatoms. The van der Waals surface area contributed by atoms with E-state index in [-0.39, 0.29) is 11.3 Å². The van der Waals surface area contributed by atoms with E-state index in [0.717, 1.165) is 36.8 Å². The van der Waals surface area contributed by atoms with Crippen LogP contribution in [0.4, 0.5) is 0 Å². The Morgan fingerprint density at radius 2 is 1.79 bits per heavy atom. The Balaban J connectivity index is 2.03. The Labute approximate surface area is 115 Å². The van der Waals surface area contributed by atoms with E-state index in [4.69, 9.17) is 5.73 Å². The average Bonchev–Trinajstić information content (AvgIpc) is 2.34. The van der Waals surface area contributed by atoms with Gasteiger partial charge in [0, 0.05) is 12.1 Å². The molecular weight excluding hydrogens is 260 g/mol. The van der Waals surface area contributed by atoms with Crippen molar-refractivity contribution in [3.63, 3.8) is 0 Å². The Bertz CT molecular complexity index is 513. The lowest BCUT2D eigenvalue weighted by molar-refractivity contribution is 0.213. The number of nitrogens with two attached hydrogens (primary N) is 1. The smallest absolute Gasteiger partial charge is 0.216 e. The molecule has 0 aromatic heterocycles. The van der Waals surface area contributed by atoms with Gasteiger partial charge < -0.3 is 5.73 Å². The molecule has 0 spiro atoms. The van der Waals surface area contributed by atoms with Crippen LogP contribution in [0.2, 0.25) is 0 Å². The fraction of sp³-hybridized carbons (Fsp3) is 0.571. The lowest BCUT2D eigenvalue weighted by Crippen LogP contribution is -2.53. The fourth-order valence-corrected chi connectivity index (χ4v) is 4.20. The van der Waals surface area contributed by atoms with E-state index in [1.165, 1.54) is 0 Å². The normalized spacial score (nSPS) is 18.0. The van der Waals surface area contributed by atoms with Crippen LogP contribution < -0.4 is 10.5 Å². The minimum atomic E-state index is -3.27. The molecular formula is C14H22N2O2S. The van der Waals surface area contributed by atoms with E-state index < -0.39 is 10.0 Å². The molecule has 1 aliphatic rings.